The van der Waals surface area contributed by atoms with Crippen molar-refractivity contribution >= 4 is 29.3 Å². The van der Waals surface area contributed by atoms with Gasteiger partial charge in [-0.05, 0) is 63.6 Å². The molecule has 0 aliphatic rings. The Bertz CT molecular complexity index is 804. The lowest BCUT2D eigenvalue weighted by Crippen LogP contribution is -2.16. The molecule has 1 unspecified atom stereocenters. The van der Waals surface area contributed by atoms with E-state index in [9.17, 15) is 9.59 Å². The number of ether oxygens (including phenoxy) is 1. The van der Waals surface area contributed by atoms with Gasteiger partial charge in [-0.3, -0.25) is 9.59 Å². The van der Waals surface area contributed by atoms with Crippen LogP contribution in [0, 0.1) is 6.92 Å². The van der Waals surface area contributed by atoms with Crippen molar-refractivity contribution in [1.82, 2.24) is 0 Å². The van der Waals surface area contributed by atoms with Crippen LogP contribution in [-0.2, 0) is 4.79 Å². The molecule has 2 rings (SSSR count). The number of hydrogen-bond donors (Lipinski definition) is 2. The van der Waals surface area contributed by atoms with Gasteiger partial charge in [-0.1, -0.05) is 12.1 Å². The monoisotopic (exact) mass is 373 g/mol. The van der Waals surface area contributed by atoms with Gasteiger partial charge in [-0.25, -0.2) is 0 Å². The summed E-state index contributed by atoms with van der Waals surface area (Å²) in [4.78, 5) is 24.4. The Balaban J connectivity index is 2.18. The maximum atomic E-state index is 12.7. The average Bonchev–Trinajstić information content (AvgIpc) is 2.57. The second-order valence-corrected chi connectivity index (χ2v) is 7.58. The van der Waals surface area contributed by atoms with Gasteiger partial charge >= 0.3 is 5.97 Å². The van der Waals surface area contributed by atoms with Crippen molar-refractivity contribution in [1.29, 1.82) is 0 Å². The Hall–Kier alpha value is -2.47. The third kappa shape index (κ3) is 5.26. The largest absolute Gasteiger partial charge is 0.491 e. The highest BCUT2D eigenvalue weighted by atomic mass is 32.2. The summed E-state index contributed by atoms with van der Waals surface area (Å²) in [5.74, 6) is -0.409. The van der Waals surface area contributed by atoms with E-state index in [0.717, 1.165) is 23.1 Å². The Morgan fingerprint density at radius 2 is 1.81 bits per heavy atom. The van der Waals surface area contributed by atoms with E-state index in [2.05, 4.69) is 5.32 Å². The highest BCUT2D eigenvalue weighted by Gasteiger charge is 2.18. The fraction of sp³-hybridized carbons (Fsp3) is 0.300. The number of hydrogen-bond acceptors (Lipinski definition) is 4. The Kier molecular flexibility index (Phi) is 6.69. The van der Waals surface area contributed by atoms with Gasteiger partial charge in [0.2, 0.25) is 0 Å². The van der Waals surface area contributed by atoms with E-state index in [1.165, 1.54) is 0 Å². The maximum Gasteiger partial charge on any atom is 0.316 e. The summed E-state index contributed by atoms with van der Waals surface area (Å²) < 4.78 is 5.70. The molecule has 2 aromatic rings. The van der Waals surface area contributed by atoms with E-state index in [4.69, 9.17) is 9.84 Å². The van der Waals surface area contributed by atoms with Crippen LogP contribution < -0.4 is 10.1 Å². The van der Waals surface area contributed by atoms with Crippen molar-refractivity contribution in [2.45, 2.75) is 43.9 Å². The molecule has 138 valence electrons. The maximum absolute atomic E-state index is 12.7. The molecule has 2 aromatic carbocycles. The number of anilines is 1. The lowest BCUT2D eigenvalue weighted by molar-refractivity contribution is -0.136. The molecular formula is C20H23NO4S. The van der Waals surface area contributed by atoms with E-state index in [-0.39, 0.29) is 12.0 Å². The summed E-state index contributed by atoms with van der Waals surface area (Å²) in [6.45, 7) is 7.44. The first-order valence-corrected chi connectivity index (χ1v) is 9.23. The van der Waals surface area contributed by atoms with Crippen LogP contribution in [0.5, 0.6) is 5.75 Å². The van der Waals surface area contributed by atoms with Crippen LogP contribution in [0.2, 0.25) is 0 Å². The highest BCUT2D eigenvalue weighted by Crippen LogP contribution is 2.28. The molecule has 0 aliphatic heterocycles. The first-order chi connectivity index (χ1) is 12.3. The quantitative estimate of drug-likeness (QED) is 0.694. The molecule has 0 saturated heterocycles. The summed E-state index contributed by atoms with van der Waals surface area (Å²) >= 11 is 1.15. The Morgan fingerprint density at radius 1 is 1.12 bits per heavy atom. The summed E-state index contributed by atoms with van der Waals surface area (Å²) in [7, 11) is 0. The number of carboxylic acid groups (broad SMARTS) is 1. The van der Waals surface area contributed by atoms with Gasteiger partial charge in [0.05, 0.1) is 11.7 Å². The Morgan fingerprint density at radius 3 is 2.42 bits per heavy atom. The fourth-order valence-electron chi connectivity index (χ4n) is 2.31. The van der Waals surface area contributed by atoms with Crippen molar-refractivity contribution < 1.29 is 19.4 Å². The standard InChI is InChI=1S/C20H23NO4S/c1-12(2)25-17-10-9-15(11-13(17)3)21-19(22)16-7-5-6-8-18(16)26-14(4)20(23)24/h5-12,14H,1-4H3,(H,21,22)(H,23,24). The molecule has 6 heteroatoms. The summed E-state index contributed by atoms with van der Waals surface area (Å²) in [6, 6.07) is 12.5. The predicted molar refractivity (Wildman–Crippen MR) is 104 cm³/mol. The van der Waals surface area contributed by atoms with Gasteiger partial charge in [0.25, 0.3) is 5.91 Å². The van der Waals surface area contributed by atoms with E-state index >= 15 is 0 Å². The molecule has 0 spiro atoms. The number of aryl methyl sites for hydroxylation is 1. The lowest BCUT2D eigenvalue weighted by atomic mass is 10.1. The third-order valence-corrected chi connectivity index (χ3v) is 4.74. The van der Waals surface area contributed by atoms with Crippen LogP contribution in [0.3, 0.4) is 0 Å². The fourth-order valence-corrected chi connectivity index (χ4v) is 3.24. The summed E-state index contributed by atoms with van der Waals surface area (Å²) in [5, 5.41) is 11.3. The number of amides is 1. The lowest BCUT2D eigenvalue weighted by Gasteiger charge is -2.15. The number of carboxylic acids is 1. The molecule has 0 aliphatic carbocycles. The molecule has 2 N–H and O–H groups in total. The van der Waals surface area contributed by atoms with Crippen molar-refractivity contribution in [3.8, 4) is 5.75 Å². The van der Waals surface area contributed by atoms with Gasteiger partial charge in [-0.2, -0.15) is 0 Å². The molecule has 0 saturated carbocycles. The number of benzene rings is 2. The van der Waals surface area contributed by atoms with Crippen molar-refractivity contribution in [3.63, 3.8) is 0 Å². The van der Waals surface area contributed by atoms with Crippen molar-refractivity contribution in [2.24, 2.45) is 0 Å². The number of nitrogens with one attached hydrogen (secondary N) is 1. The smallest absolute Gasteiger partial charge is 0.316 e. The molecule has 0 bridgehead atoms. The van der Waals surface area contributed by atoms with Crippen LogP contribution in [0.15, 0.2) is 47.4 Å². The molecule has 0 heterocycles. The van der Waals surface area contributed by atoms with Gasteiger partial charge < -0.3 is 15.2 Å². The zero-order chi connectivity index (χ0) is 19.3. The van der Waals surface area contributed by atoms with Crippen LogP contribution in [0.25, 0.3) is 0 Å². The zero-order valence-corrected chi connectivity index (χ0v) is 16.1. The molecule has 1 atom stereocenters. The summed E-state index contributed by atoms with van der Waals surface area (Å²) in [5.41, 5.74) is 2.04. The first-order valence-electron chi connectivity index (χ1n) is 8.35. The average molecular weight is 373 g/mol. The van der Waals surface area contributed by atoms with Gasteiger partial charge in [0.15, 0.2) is 0 Å². The summed E-state index contributed by atoms with van der Waals surface area (Å²) in [6.07, 6.45) is 0.0780. The van der Waals surface area contributed by atoms with Crippen molar-refractivity contribution in [3.05, 3.63) is 53.6 Å². The van der Waals surface area contributed by atoms with E-state index in [1.54, 1.807) is 37.3 Å². The minimum absolute atomic E-state index is 0.0780. The topological polar surface area (TPSA) is 75.6 Å². The first kappa shape index (κ1) is 19.8. The predicted octanol–water partition coefficient (Wildman–Crippen LogP) is 4.60. The van der Waals surface area contributed by atoms with Gasteiger partial charge in [0.1, 0.15) is 11.0 Å². The molecule has 0 radical (unpaired) electrons. The molecule has 0 aromatic heterocycles. The number of carbonyl (C=O) groups excluding carboxylic acids is 1. The minimum atomic E-state index is -0.915. The molecule has 5 nitrogen and oxygen atoms in total. The molecular weight excluding hydrogens is 350 g/mol. The zero-order valence-electron chi connectivity index (χ0n) is 15.3. The number of aliphatic carboxylic acids is 1. The number of carbonyl (C=O) groups is 2. The number of rotatable bonds is 7. The van der Waals surface area contributed by atoms with Crippen LogP contribution >= 0.6 is 11.8 Å². The van der Waals surface area contributed by atoms with Crippen molar-refractivity contribution in [2.75, 3.05) is 5.32 Å². The van der Waals surface area contributed by atoms with E-state index < -0.39 is 11.2 Å². The Labute approximate surface area is 157 Å². The molecule has 0 fully saturated rings. The number of thioether (sulfide) groups is 1. The second-order valence-electron chi connectivity index (χ2n) is 6.20. The normalized spacial score (nSPS) is 11.9. The van der Waals surface area contributed by atoms with Gasteiger partial charge in [0, 0.05) is 10.6 Å². The van der Waals surface area contributed by atoms with E-state index in [0.29, 0.717) is 16.1 Å². The van der Waals surface area contributed by atoms with Gasteiger partial charge in [-0.15, -0.1) is 11.8 Å². The van der Waals surface area contributed by atoms with Crippen LogP contribution in [0.4, 0.5) is 5.69 Å². The minimum Gasteiger partial charge on any atom is -0.491 e. The van der Waals surface area contributed by atoms with Crippen LogP contribution in [0.1, 0.15) is 36.7 Å². The second kappa shape index (κ2) is 8.76. The molecule has 1 amide bonds. The van der Waals surface area contributed by atoms with E-state index in [1.807, 2.05) is 32.9 Å². The SMILES string of the molecule is Cc1cc(NC(=O)c2ccccc2SC(C)C(=O)O)ccc1OC(C)C. The highest BCUT2D eigenvalue weighted by molar-refractivity contribution is 8.00. The third-order valence-electron chi connectivity index (χ3n) is 3.58. The molecule has 26 heavy (non-hydrogen) atoms. The van der Waals surface area contributed by atoms with Crippen LogP contribution in [-0.4, -0.2) is 28.3 Å².